The van der Waals surface area contributed by atoms with E-state index in [-0.39, 0.29) is 6.04 Å². The number of nitrogens with zero attached hydrogens (tertiary/aromatic N) is 1. The summed E-state index contributed by atoms with van der Waals surface area (Å²) in [5.74, 6) is 0.702. The fraction of sp³-hybridized carbons (Fsp3) is 0.214. The van der Waals surface area contributed by atoms with Crippen molar-refractivity contribution in [1.29, 1.82) is 0 Å². The van der Waals surface area contributed by atoms with Crippen molar-refractivity contribution in [2.24, 2.45) is 5.73 Å². The monoisotopic (exact) mass is 262 g/mol. The van der Waals surface area contributed by atoms with Gasteiger partial charge in [0.05, 0.1) is 19.3 Å². The molecule has 4 heteroatoms. The van der Waals surface area contributed by atoms with Gasteiger partial charge < -0.3 is 10.5 Å². The van der Waals surface area contributed by atoms with Gasteiger partial charge in [0, 0.05) is 11.2 Å². The lowest BCUT2D eigenvalue weighted by Crippen LogP contribution is -2.12. The summed E-state index contributed by atoms with van der Waals surface area (Å²) in [6, 6.07) is 7.44. The number of methoxy groups -OCH3 is 1. The lowest BCUT2D eigenvalue weighted by molar-refractivity contribution is 0.412. The Morgan fingerprint density at radius 3 is 2.67 bits per heavy atom. The molecule has 1 unspecified atom stereocenters. The highest BCUT2D eigenvalue weighted by molar-refractivity contribution is 6.31. The van der Waals surface area contributed by atoms with Crippen molar-refractivity contribution in [3.8, 4) is 5.75 Å². The number of nitrogens with two attached hydrogens (primary N) is 1. The van der Waals surface area contributed by atoms with Crippen LogP contribution in [0.1, 0.15) is 22.7 Å². The van der Waals surface area contributed by atoms with Crippen LogP contribution in [0.15, 0.2) is 36.7 Å². The Morgan fingerprint density at radius 2 is 2.00 bits per heavy atom. The number of pyridine rings is 1. The van der Waals surface area contributed by atoms with Crippen molar-refractivity contribution in [1.82, 2.24) is 4.98 Å². The lowest BCUT2D eigenvalue weighted by atomic mass is 9.99. The van der Waals surface area contributed by atoms with Crippen LogP contribution in [0.5, 0.6) is 5.75 Å². The van der Waals surface area contributed by atoms with E-state index in [1.54, 1.807) is 19.5 Å². The van der Waals surface area contributed by atoms with E-state index >= 15 is 0 Å². The molecule has 1 heterocycles. The predicted molar refractivity (Wildman–Crippen MR) is 73.0 cm³/mol. The van der Waals surface area contributed by atoms with Crippen LogP contribution in [0.3, 0.4) is 0 Å². The molecule has 1 aromatic heterocycles. The third-order valence-electron chi connectivity index (χ3n) is 2.87. The Bertz CT molecular complexity index is 557. The van der Waals surface area contributed by atoms with Gasteiger partial charge in [0.25, 0.3) is 0 Å². The summed E-state index contributed by atoms with van der Waals surface area (Å²) in [5, 5.41) is 0.745. The number of benzene rings is 1. The zero-order chi connectivity index (χ0) is 13.1. The van der Waals surface area contributed by atoms with Crippen molar-refractivity contribution in [3.05, 3.63) is 58.4 Å². The molecule has 0 bridgehead atoms. The summed E-state index contributed by atoms with van der Waals surface area (Å²) in [6.07, 6.45) is 3.40. The van der Waals surface area contributed by atoms with Crippen molar-refractivity contribution in [3.63, 3.8) is 0 Å². The van der Waals surface area contributed by atoms with Crippen LogP contribution in [-0.2, 0) is 0 Å². The largest absolute Gasteiger partial charge is 0.495 e. The molecule has 0 aliphatic carbocycles. The fourth-order valence-electron chi connectivity index (χ4n) is 1.77. The minimum Gasteiger partial charge on any atom is -0.495 e. The maximum absolute atomic E-state index is 6.22. The maximum Gasteiger partial charge on any atom is 0.137 e. The summed E-state index contributed by atoms with van der Waals surface area (Å²) >= 11 is 6.01. The minimum atomic E-state index is -0.233. The van der Waals surface area contributed by atoms with Crippen LogP contribution in [0.2, 0.25) is 5.02 Å². The smallest absolute Gasteiger partial charge is 0.137 e. The normalized spacial score (nSPS) is 12.2. The van der Waals surface area contributed by atoms with Gasteiger partial charge in [-0.1, -0.05) is 23.7 Å². The summed E-state index contributed by atoms with van der Waals surface area (Å²) < 4.78 is 5.14. The molecular weight excluding hydrogens is 248 g/mol. The Hall–Kier alpha value is -1.58. The van der Waals surface area contributed by atoms with Gasteiger partial charge in [-0.05, 0) is 35.7 Å². The molecule has 2 N–H and O–H groups in total. The van der Waals surface area contributed by atoms with Crippen LogP contribution >= 0.6 is 11.6 Å². The van der Waals surface area contributed by atoms with Gasteiger partial charge in [-0.25, -0.2) is 0 Å². The summed E-state index contributed by atoms with van der Waals surface area (Å²) in [6.45, 7) is 1.96. The van der Waals surface area contributed by atoms with E-state index < -0.39 is 0 Å². The van der Waals surface area contributed by atoms with Gasteiger partial charge in [-0.2, -0.15) is 0 Å². The number of hydrogen-bond donors (Lipinski definition) is 1. The molecule has 3 nitrogen and oxygen atoms in total. The molecular formula is C14H15ClN2O. The third-order valence-corrected chi connectivity index (χ3v) is 3.29. The van der Waals surface area contributed by atoms with E-state index in [0.717, 1.165) is 21.7 Å². The summed E-state index contributed by atoms with van der Waals surface area (Å²) in [4.78, 5) is 4.11. The highest BCUT2D eigenvalue weighted by Gasteiger charge is 2.11. The quantitative estimate of drug-likeness (QED) is 0.925. The number of halogens is 1. The Morgan fingerprint density at radius 1 is 1.22 bits per heavy atom. The van der Waals surface area contributed by atoms with Crippen molar-refractivity contribution in [2.75, 3.05) is 7.11 Å². The number of hydrogen-bond acceptors (Lipinski definition) is 3. The molecule has 18 heavy (non-hydrogen) atoms. The molecule has 0 aliphatic rings. The van der Waals surface area contributed by atoms with E-state index in [2.05, 4.69) is 4.98 Å². The molecule has 0 saturated heterocycles. The van der Waals surface area contributed by atoms with Crippen molar-refractivity contribution < 1.29 is 4.74 Å². The first-order chi connectivity index (χ1) is 8.61. The van der Waals surface area contributed by atoms with Gasteiger partial charge in [0.2, 0.25) is 0 Å². The third kappa shape index (κ3) is 2.63. The fourth-order valence-corrected chi connectivity index (χ4v) is 1.89. The number of rotatable bonds is 3. The minimum absolute atomic E-state index is 0.233. The zero-order valence-electron chi connectivity index (χ0n) is 10.4. The Kier molecular flexibility index (Phi) is 3.84. The Labute approximate surface area is 112 Å². The van der Waals surface area contributed by atoms with E-state index in [1.807, 2.05) is 31.2 Å². The standard InChI is InChI=1S/C14H15ClN2O/c1-9-5-10(3-4-13(9)15)14(16)11-6-12(18-2)8-17-7-11/h3-8,14H,16H2,1-2H3. The molecule has 0 saturated carbocycles. The Balaban J connectivity index is 2.34. The second kappa shape index (κ2) is 5.38. The zero-order valence-corrected chi connectivity index (χ0v) is 11.1. The SMILES string of the molecule is COc1cncc(C(N)c2ccc(Cl)c(C)c2)c1. The highest BCUT2D eigenvalue weighted by Crippen LogP contribution is 2.25. The van der Waals surface area contributed by atoms with E-state index in [4.69, 9.17) is 22.1 Å². The van der Waals surface area contributed by atoms with Crippen LogP contribution in [0.4, 0.5) is 0 Å². The molecule has 0 spiro atoms. The molecule has 0 amide bonds. The molecule has 0 radical (unpaired) electrons. The molecule has 1 atom stereocenters. The van der Waals surface area contributed by atoms with E-state index in [0.29, 0.717) is 5.75 Å². The van der Waals surface area contributed by atoms with Gasteiger partial charge in [0.15, 0.2) is 0 Å². The lowest BCUT2D eigenvalue weighted by Gasteiger charge is -2.14. The topological polar surface area (TPSA) is 48.1 Å². The first-order valence-corrected chi connectivity index (χ1v) is 6.00. The second-order valence-electron chi connectivity index (χ2n) is 4.14. The van der Waals surface area contributed by atoms with Gasteiger partial charge in [-0.15, -0.1) is 0 Å². The molecule has 1 aromatic carbocycles. The molecule has 0 fully saturated rings. The van der Waals surface area contributed by atoms with Crippen molar-refractivity contribution in [2.45, 2.75) is 13.0 Å². The van der Waals surface area contributed by atoms with Gasteiger partial charge in [-0.3, -0.25) is 4.98 Å². The van der Waals surface area contributed by atoms with E-state index in [9.17, 15) is 0 Å². The van der Waals surface area contributed by atoms with Crippen LogP contribution in [-0.4, -0.2) is 12.1 Å². The molecule has 94 valence electrons. The molecule has 2 rings (SSSR count). The van der Waals surface area contributed by atoms with Gasteiger partial charge >= 0.3 is 0 Å². The molecule has 0 aliphatic heterocycles. The predicted octanol–water partition coefficient (Wildman–Crippen LogP) is 3.10. The second-order valence-corrected chi connectivity index (χ2v) is 4.55. The van der Waals surface area contributed by atoms with Crippen LogP contribution < -0.4 is 10.5 Å². The average Bonchev–Trinajstić information content (AvgIpc) is 2.41. The van der Waals surface area contributed by atoms with Crippen molar-refractivity contribution >= 4 is 11.6 Å². The highest BCUT2D eigenvalue weighted by atomic mass is 35.5. The van der Waals surface area contributed by atoms with Gasteiger partial charge in [0.1, 0.15) is 5.75 Å². The first kappa shape index (κ1) is 12.9. The van der Waals surface area contributed by atoms with Crippen LogP contribution in [0, 0.1) is 6.92 Å². The maximum atomic E-state index is 6.22. The van der Waals surface area contributed by atoms with E-state index in [1.165, 1.54) is 0 Å². The number of aromatic nitrogens is 1. The number of aryl methyl sites for hydroxylation is 1. The average molecular weight is 263 g/mol. The first-order valence-electron chi connectivity index (χ1n) is 5.62. The molecule has 2 aromatic rings. The summed E-state index contributed by atoms with van der Waals surface area (Å²) in [5.41, 5.74) is 9.15. The van der Waals surface area contributed by atoms with Crippen LogP contribution in [0.25, 0.3) is 0 Å². The summed E-state index contributed by atoms with van der Waals surface area (Å²) in [7, 11) is 1.61. The number of ether oxygens (including phenoxy) is 1.